The van der Waals surface area contributed by atoms with E-state index < -0.39 is 22.0 Å². The Morgan fingerprint density at radius 1 is 1.36 bits per heavy atom. The van der Waals surface area contributed by atoms with Crippen LogP contribution < -0.4 is 16.0 Å². The molecule has 10 heteroatoms. The second-order valence-electron chi connectivity index (χ2n) is 5.74. The van der Waals surface area contributed by atoms with E-state index in [0.29, 0.717) is 26.2 Å². The lowest BCUT2D eigenvalue weighted by molar-refractivity contribution is -0.123. The molecule has 1 fully saturated rings. The van der Waals surface area contributed by atoms with Crippen molar-refractivity contribution in [2.45, 2.75) is 6.04 Å². The van der Waals surface area contributed by atoms with Crippen molar-refractivity contribution in [2.24, 2.45) is 5.73 Å². The number of pyridine rings is 1. The Kier molecular flexibility index (Phi) is 7.12. The molecular formula is C15H25N5O4S. The summed E-state index contributed by atoms with van der Waals surface area (Å²) in [6.07, 6.45) is 1.72. The molecule has 2 rings (SSSR count). The van der Waals surface area contributed by atoms with Gasteiger partial charge in [-0.05, 0) is 12.1 Å². The number of carbonyl (C=O) groups excluding carboxylic acids is 1. The largest absolute Gasteiger partial charge is 0.383 e. The zero-order chi connectivity index (χ0) is 18.3. The third kappa shape index (κ3) is 5.63. The van der Waals surface area contributed by atoms with Gasteiger partial charge >= 0.3 is 0 Å². The summed E-state index contributed by atoms with van der Waals surface area (Å²) >= 11 is 0. The summed E-state index contributed by atoms with van der Waals surface area (Å²) in [6.45, 7) is 2.09. The Labute approximate surface area is 148 Å². The highest BCUT2D eigenvalue weighted by molar-refractivity contribution is 7.89. The molecule has 1 aliphatic rings. The van der Waals surface area contributed by atoms with Gasteiger partial charge in [-0.2, -0.15) is 4.31 Å². The first-order valence-electron chi connectivity index (χ1n) is 8.10. The van der Waals surface area contributed by atoms with Crippen LogP contribution in [-0.4, -0.2) is 81.8 Å². The molecule has 1 saturated heterocycles. The van der Waals surface area contributed by atoms with E-state index in [-0.39, 0.29) is 18.9 Å². The normalized spacial score (nSPS) is 17.3. The number of hydrogen-bond donors (Lipinski definition) is 2. The number of nitrogens with one attached hydrogen (secondary N) is 1. The van der Waals surface area contributed by atoms with E-state index in [0.717, 1.165) is 5.82 Å². The van der Waals surface area contributed by atoms with E-state index in [1.54, 1.807) is 6.20 Å². The Morgan fingerprint density at radius 3 is 2.68 bits per heavy atom. The average molecular weight is 371 g/mol. The summed E-state index contributed by atoms with van der Waals surface area (Å²) in [7, 11) is -1.98. The third-order valence-corrected chi connectivity index (χ3v) is 5.82. The minimum absolute atomic E-state index is 0.0268. The first-order valence-corrected chi connectivity index (χ1v) is 9.71. The summed E-state index contributed by atoms with van der Waals surface area (Å²) < 4.78 is 31.0. The quantitative estimate of drug-likeness (QED) is 0.578. The maximum atomic E-state index is 12.4. The molecule has 0 radical (unpaired) electrons. The Bertz CT molecular complexity index is 647. The average Bonchev–Trinajstić information content (AvgIpc) is 2.62. The smallest absolute Gasteiger partial charge is 0.239 e. The van der Waals surface area contributed by atoms with Crippen molar-refractivity contribution in [3.05, 3.63) is 24.4 Å². The molecule has 1 aromatic rings. The first kappa shape index (κ1) is 19.6. The van der Waals surface area contributed by atoms with Crippen molar-refractivity contribution in [3.63, 3.8) is 0 Å². The van der Waals surface area contributed by atoms with Crippen LogP contribution in [-0.2, 0) is 19.6 Å². The minimum atomic E-state index is -3.42. The van der Waals surface area contributed by atoms with Crippen LogP contribution >= 0.6 is 0 Å². The van der Waals surface area contributed by atoms with E-state index in [1.165, 1.54) is 11.4 Å². The Hall–Kier alpha value is -1.75. The molecule has 0 aliphatic carbocycles. The van der Waals surface area contributed by atoms with E-state index >= 15 is 0 Å². The van der Waals surface area contributed by atoms with Crippen molar-refractivity contribution < 1.29 is 17.9 Å². The fraction of sp³-hybridized carbons (Fsp3) is 0.600. The maximum Gasteiger partial charge on any atom is 0.239 e. The first-order chi connectivity index (χ1) is 11.9. The maximum absolute atomic E-state index is 12.4. The highest BCUT2D eigenvalue weighted by atomic mass is 32.2. The zero-order valence-corrected chi connectivity index (χ0v) is 15.1. The van der Waals surface area contributed by atoms with Gasteiger partial charge in [0.05, 0.1) is 12.4 Å². The van der Waals surface area contributed by atoms with Crippen molar-refractivity contribution in [1.82, 2.24) is 14.6 Å². The van der Waals surface area contributed by atoms with Gasteiger partial charge in [0.15, 0.2) is 0 Å². The predicted octanol–water partition coefficient (Wildman–Crippen LogP) is -1.38. The van der Waals surface area contributed by atoms with Crippen LogP contribution in [0.5, 0.6) is 0 Å². The van der Waals surface area contributed by atoms with E-state index in [2.05, 4.69) is 15.2 Å². The van der Waals surface area contributed by atoms with Gasteiger partial charge in [-0.25, -0.2) is 13.4 Å². The standard InChI is InChI=1S/C15H25N5O4S/c1-24-12-13(16)15(21)18-6-11-25(22,23)20-9-7-19(8-10-20)14-4-2-3-5-17-14/h2-5,13H,6-12,16H2,1H3,(H,18,21). The van der Waals surface area contributed by atoms with Crippen molar-refractivity contribution in [3.8, 4) is 0 Å². The number of nitrogens with two attached hydrogens (primary N) is 1. The molecule has 1 aromatic heterocycles. The Balaban J connectivity index is 1.78. The van der Waals surface area contributed by atoms with Gasteiger partial charge in [-0.1, -0.05) is 6.07 Å². The van der Waals surface area contributed by atoms with Gasteiger partial charge < -0.3 is 20.7 Å². The number of nitrogens with zero attached hydrogens (tertiary/aromatic N) is 3. The highest BCUT2D eigenvalue weighted by Crippen LogP contribution is 2.14. The van der Waals surface area contributed by atoms with E-state index in [4.69, 9.17) is 10.5 Å². The third-order valence-electron chi connectivity index (χ3n) is 3.95. The van der Waals surface area contributed by atoms with Gasteiger partial charge in [-0.3, -0.25) is 4.79 Å². The fourth-order valence-corrected chi connectivity index (χ4v) is 3.89. The molecule has 9 nitrogen and oxygen atoms in total. The topological polar surface area (TPSA) is 118 Å². The van der Waals surface area contributed by atoms with E-state index in [9.17, 15) is 13.2 Å². The molecule has 1 aliphatic heterocycles. The van der Waals surface area contributed by atoms with Gasteiger partial charge in [0.1, 0.15) is 11.9 Å². The molecule has 3 N–H and O–H groups in total. The second-order valence-corrected chi connectivity index (χ2v) is 7.83. The number of hydrogen-bond acceptors (Lipinski definition) is 7. The van der Waals surface area contributed by atoms with Crippen molar-refractivity contribution >= 4 is 21.7 Å². The molecule has 2 heterocycles. The van der Waals surface area contributed by atoms with Crippen molar-refractivity contribution in [2.75, 3.05) is 57.1 Å². The van der Waals surface area contributed by atoms with Crippen LogP contribution in [0, 0.1) is 0 Å². The lowest BCUT2D eigenvalue weighted by Crippen LogP contribution is -2.51. The monoisotopic (exact) mass is 371 g/mol. The number of ether oxygens (including phenoxy) is 1. The molecule has 25 heavy (non-hydrogen) atoms. The molecule has 1 amide bonds. The number of anilines is 1. The molecule has 0 saturated carbocycles. The number of carbonyl (C=O) groups is 1. The summed E-state index contributed by atoms with van der Waals surface area (Å²) in [5.74, 6) is 0.276. The number of aromatic nitrogens is 1. The lowest BCUT2D eigenvalue weighted by atomic mass is 10.3. The molecule has 1 unspecified atom stereocenters. The van der Waals surface area contributed by atoms with Gasteiger partial charge in [0, 0.05) is 46.0 Å². The number of methoxy groups -OCH3 is 1. The minimum Gasteiger partial charge on any atom is -0.383 e. The van der Waals surface area contributed by atoms with Crippen LogP contribution in [0.3, 0.4) is 0 Å². The summed E-state index contributed by atoms with van der Waals surface area (Å²) in [6, 6.07) is 4.86. The Morgan fingerprint density at radius 2 is 2.08 bits per heavy atom. The molecule has 0 aromatic carbocycles. The summed E-state index contributed by atoms with van der Waals surface area (Å²) in [5.41, 5.74) is 5.58. The molecule has 1 atom stereocenters. The second kappa shape index (κ2) is 9.09. The van der Waals surface area contributed by atoms with Gasteiger partial charge in [-0.15, -0.1) is 0 Å². The molecular weight excluding hydrogens is 346 g/mol. The van der Waals surface area contributed by atoms with Crippen molar-refractivity contribution in [1.29, 1.82) is 0 Å². The number of piperazine rings is 1. The fourth-order valence-electron chi connectivity index (χ4n) is 2.55. The summed E-state index contributed by atoms with van der Waals surface area (Å²) in [4.78, 5) is 18.0. The number of amides is 1. The summed E-state index contributed by atoms with van der Waals surface area (Å²) in [5, 5.41) is 2.53. The van der Waals surface area contributed by atoms with Crippen LogP contribution in [0.1, 0.15) is 0 Å². The number of rotatable bonds is 8. The van der Waals surface area contributed by atoms with Gasteiger partial charge in [0.2, 0.25) is 15.9 Å². The molecule has 0 bridgehead atoms. The van der Waals surface area contributed by atoms with Crippen LogP contribution in [0.2, 0.25) is 0 Å². The SMILES string of the molecule is COCC(N)C(=O)NCCS(=O)(=O)N1CCN(c2ccccn2)CC1. The van der Waals surface area contributed by atoms with Gasteiger partial charge in [0.25, 0.3) is 0 Å². The molecule has 140 valence electrons. The molecule has 0 spiro atoms. The lowest BCUT2D eigenvalue weighted by Gasteiger charge is -2.34. The highest BCUT2D eigenvalue weighted by Gasteiger charge is 2.27. The zero-order valence-electron chi connectivity index (χ0n) is 14.3. The van der Waals surface area contributed by atoms with Crippen LogP contribution in [0.15, 0.2) is 24.4 Å². The predicted molar refractivity (Wildman–Crippen MR) is 94.7 cm³/mol. The van der Waals surface area contributed by atoms with Crippen LogP contribution in [0.4, 0.5) is 5.82 Å². The van der Waals surface area contributed by atoms with Crippen LogP contribution in [0.25, 0.3) is 0 Å². The number of sulfonamides is 1. The van der Waals surface area contributed by atoms with E-state index in [1.807, 2.05) is 18.2 Å².